The molecule has 0 heterocycles. The maximum atomic E-state index is 12.9. The van der Waals surface area contributed by atoms with Crippen molar-refractivity contribution in [2.75, 3.05) is 0 Å². The number of hydrogen-bond acceptors (Lipinski definition) is 3. The van der Waals surface area contributed by atoms with Crippen molar-refractivity contribution in [2.24, 2.45) is 5.84 Å². The van der Waals surface area contributed by atoms with Gasteiger partial charge in [-0.05, 0) is 24.6 Å². The van der Waals surface area contributed by atoms with Crippen LogP contribution in [0.3, 0.4) is 0 Å². The van der Waals surface area contributed by atoms with Crippen LogP contribution in [0.2, 0.25) is 0 Å². The molecular formula is C11H14F2N2OS. The Morgan fingerprint density at radius 1 is 1.47 bits per heavy atom. The summed E-state index contributed by atoms with van der Waals surface area (Å²) in [4.78, 5) is 11.6. The normalized spacial score (nSPS) is 12.2. The van der Waals surface area contributed by atoms with Gasteiger partial charge in [0.15, 0.2) is 11.6 Å². The second-order valence-electron chi connectivity index (χ2n) is 3.61. The van der Waals surface area contributed by atoms with Crippen LogP contribution in [0.1, 0.15) is 19.8 Å². The molecule has 0 saturated heterocycles. The van der Waals surface area contributed by atoms with Crippen LogP contribution in [-0.4, -0.2) is 11.2 Å². The number of benzene rings is 1. The third kappa shape index (κ3) is 4.70. The Labute approximate surface area is 103 Å². The van der Waals surface area contributed by atoms with E-state index in [0.717, 1.165) is 12.1 Å². The van der Waals surface area contributed by atoms with Crippen LogP contribution in [0.25, 0.3) is 0 Å². The van der Waals surface area contributed by atoms with Crippen LogP contribution >= 0.6 is 11.8 Å². The first-order chi connectivity index (χ1) is 8.02. The van der Waals surface area contributed by atoms with Gasteiger partial charge in [-0.2, -0.15) is 0 Å². The average Bonchev–Trinajstić information content (AvgIpc) is 2.31. The number of carbonyl (C=O) groups is 1. The highest BCUT2D eigenvalue weighted by Crippen LogP contribution is 2.27. The number of hydrazine groups is 1. The summed E-state index contributed by atoms with van der Waals surface area (Å²) in [5, 5.41) is 0.122. The molecule has 0 spiro atoms. The van der Waals surface area contributed by atoms with Crippen molar-refractivity contribution in [1.29, 1.82) is 0 Å². The molecule has 0 aliphatic carbocycles. The Morgan fingerprint density at radius 2 is 2.18 bits per heavy atom. The van der Waals surface area contributed by atoms with Gasteiger partial charge in [0, 0.05) is 16.6 Å². The van der Waals surface area contributed by atoms with Crippen LogP contribution in [-0.2, 0) is 4.79 Å². The van der Waals surface area contributed by atoms with Gasteiger partial charge < -0.3 is 0 Å². The smallest absolute Gasteiger partial charge is 0.233 e. The summed E-state index contributed by atoms with van der Waals surface area (Å²) >= 11 is 1.39. The van der Waals surface area contributed by atoms with E-state index in [4.69, 9.17) is 5.84 Å². The molecular weight excluding hydrogens is 246 g/mol. The molecule has 0 radical (unpaired) electrons. The number of rotatable bonds is 5. The predicted molar refractivity (Wildman–Crippen MR) is 63.2 cm³/mol. The minimum Gasteiger partial charge on any atom is -0.294 e. The summed E-state index contributed by atoms with van der Waals surface area (Å²) in [6, 6.07) is 3.76. The molecule has 3 N–H and O–H groups in total. The quantitative estimate of drug-likeness (QED) is 0.369. The molecule has 17 heavy (non-hydrogen) atoms. The van der Waals surface area contributed by atoms with Crippen molar-refractivity contribution in [3.8, 4) is 0 Å². The van der Waals surface area contributed by atoms with Gasteiger partial charge in [-0.3, -0.25) is 10.2 Å². The SMILES string of the molecule is CC(CCC(=O)NN)Sc1ccc(F)c(F)c1. The van der Waals surface area contributed by atoms with Gasteiger partial charge in [-0.1, -0.05) is 6.92 Å². The lowest BCUT2D eigenvalue weighted by molar-refractivity contribution is -0.121. The van der Waals surface area contributed by atoms with Gasteiger partial charge in [0.1, 0.15) is 0 Å². The van der Waals surface area contributed by atoms with Gasteiger partial charge in [-0.25, -0.2) is 14.6 Å². The van der Waals surface area contributed by atoms with Crippen molar-refractivity contribution in [2.45, 2.75) is 29.9 Å². The minimum atomic E-state index is -0.859. The number of nitrogens with two attached hydrogens (primary N) is 1. The van der Waals surface area contributed by atoms with E-state index in [2.05, 4.69) is 0 Å². The van der Waals surface area contributed by atoms with Crippen LogP contribution < -0.4 is 11.3 Å². The number of amides is 1. The summed E-state index contributed by atoms with van der Waals surface area (Å²) in [5.41, 5.74) is 2.04. The van der Waals surface area contributed by atoms with Crippen molar-refractivity contribution < 1.29 is 13.6 Å². The molecule has 1 rings (SSSR count). The summed E-state index contributed by atoms with van der Waals surface area (Å²) in [5.74, 6) is 3.00. The summed E-state index contributed by atoms with van der Waals surface area (Å²) < 4.78 is 25.6. The molecule has 1 aromatic rings. The third-order valence-electron chi connectivity index (χ3n) is 2.17. The molecule has 0 saturated carbocycles. The number of carbonyl (C=O) groups excluding carboxylic acids is 1. The van der Waals surface area contributed by atoms with E-state index in [1.807, 2.05) is 12.3 Å². The van der Waals surface area contributed by atoms with E-state index in [1.165, 1.54) is 17.8 Å². The third-order valence-corrected chi connectivity index (χ3v) is 3.33. The Hall–Kier alpha value is -1.14. The lowest BCUT2D eigenvalue weighted by atomic mass is 10.2. The molecule has 0 aliphatic rings. The van der Waals surface area contributed by atoms with Crippen LogP contribution in [0.15, 0.2) is 23.1 Å². The molecule has 1 atom stereocenters. The first kappa shape index (κ1) is 13.9. The van der Waals surface area contributed by atoms with E-state index < -0.39 is 11.6 Å². The zero-order valence-corrected chi connectivity index (χ0v) is 10.2. The van der Waals surface area contributed by atoms with Gasteiger partial charge in [0.05, 0.1) is 0 Å². The molecule has 1 aromatic carbocycles. The van der Waals surface area contributed by atoms with E-state index >= 15 is 0 Å². The maximum Gasteiger partial charge on any atom is 0.233 e. The van der Waals surface area contributed by atoms with Crippen LogP contribution in [0.4, 0.5) is 8.78 Å². The fourth-order valence-electron chi connectivity index (χ4n) is 1.25. The van der Waals surface area contributed by atoms with Crippen LogP contribution in [0, 0.1) is 11.6 Å². The number of hydrogen-bond donors (Lipinski definition) is 2. The molecule has 0 fully saturated rings. The van der Waals surface area contributed by atoms with Crippen molar-refractivity contribution in [1.82, 2.24) is 5.43 Å². The highest BCUT2D eigenvalue weighted by Gasteiger charge is 2.09. The van der Waals surface area contributed by atoms with Crippen molar-refractivity contribution in [3.05, 3.63) is 29.8 Å². The first-order valence-corrected chi connectivity index (χ1v) is 6.02. The Kier molecular flexibility index (Phi) is 5.37. The van der Waals surface area contributed by atoms with Gasteiger partial charge >= 0.3 is 0 Å². The summed E-state index contributed by atoms with van der Waals surface area (Å²) in [7, 11) is 0. The second kappa shape index (κ2) is 6.56. The Morgan fingerprint density at radius 3 is 2.76 bits per heavy atom. The Balaban J connectivity index is 2.47. The highest BCUT2D eigenvalue weighted by molar-refractivity contribution is 7.99. The largest absolute Gasteiger partial charge is 0.294 e. The van der Waals surface area contributed by atoms with Crippen molar-refractivity contribution >= 4 is 17.7 Å². The average molecular weight is 260 g/mol. The van der Waals surface area contributed by atoms with E-state index in [0.29, 0.717) is 17.7 Å². The minimum absolute atomic E-state index is 0.122. The zero-order valence-electron chi connectivity index (χ0n) is 9.37. The number of halogens is 2. The van der Waals surface area contributed by atoms with E-state index in [9.17, 15) is 13.6 Å². The number of thioether (sulfide) groups is 1. The standard InChI is InChI=1S/C11H14F2N2OS/c1-7(2-5-11(16)15-14)17-8-3-4-9(12)10(13)6-8/h3-4,6-7H,2,5,14H2,1H3,(H,15,16). The van der Waals surface area contributed by atoms with Gasteiger partial charge in [-0.15, -0.1) is 11.8 Å². The molecule has 0 bridgehead atoms. The topological polar surface area (TPSA) is 55.1 Å². The first-order valence-electron chi connectivity index (χ1n) is 5.14. The predicted octanol–water partition coefficient (Wildman–Crippen LogP) is 2.22. The van der Waals surface area contributed by atoms with E-state index in [1.54, 1.807) is 0 Å². The van der Waals surface area contributed by atoms with Gasteiger partial charge in [0.25, 0.3) is 0 Å². The molecule has 0 aromatic heterocycles. The zero-order chi connectivity index (χ0) is 12.8. The second-order valence-corrected chi connectivity index (χ2v) is 5.12. The Bertz CT molecular complexity index is 401. The molecule has 1 amide bonds. The number of nitrogens with one attached hydrogen (secondary N) is 1. The summed E-state index contributed by atoms with van der Waals surface area (Å²) in [6.45, 7) is 1.91. The van der Waals surface area contributed by atoms with Crippen LogP contribution in [0.5, 0.6) is 0 Å². The fraction of sp³-hybridized carbons (Fsp3) is 0.364. The van der Waals surface area contributed by atoms with Crippen molar-refractivity contribution in [3.63, 3.8) is 0 Å². The monoisotopic (exact) mass is 260 g/mol. The molecule has 94 valence electrons. The van der Waals surface area contributed by atoms with Gasteiger partial charge in [0.2, 0.25) is 5.91 Å². The van der Waals surface area contributed by atoms with E-state index in [-0.39, 0.29) is 11.2 Å². The lowest BCUT2D eigenvalue weighted by Gasteiger charge is -2.10. The molecule has 1 unspecified atom stereocenters. The maximum absolute atomic E-state index is 12.9. The fourth-order valence-corrected chi connectivity index (χ4v) is 2.27. The highest BCUT2D eigenvalue weighted by atomic mass is 32.2. The molecule has 3 nitrogen and oxygen atoms in total. The molecule has 6 heteroatoms. The lowest BCUT2D eigenvalue weighted by Crippen LogP contribution is -2.30. The summed E-state index contributed by atoms with van der Waals surface area (Å²) in [6.07, 6.45) is 0.932. The molecule has 0 aliphatic heterocycles.